The van der Waals surface area contributed by atoms with Gasteiger partial charge in [0.25, 0.3) is 0 Å². The Bertz CT molecular complexity index is 1400. The van der Waals surface area contributed by atoms with Gasteiger partial charge in [0.15, 0.2) is 11.0 Å². The molecule has 188 valence electrons. The SMILES string of the molecule is C=C(/C=C\C1=C(C)Nc2ccc3ncccc3c2N(S(=O)c2ccc(C(C)(C)C)cc2)C1)C(F)(F)F. The molecule has 2 aromatic carbocycles. The van der Waals surface area contributed by atoms with Crippen molar-refractivity contribution in [3.8, 4) is 0 Å². The predicted molar refractivity (Wildman–Crippen MR) is 141 cm³/mol. The van der Waals surface area contributed by atoms with Gasteiger partial charge in [-0.15, -0.1) is 0 Å². The molecule has 2 heterocycles. The summed E-state index contributed by atoms with van der Waals surface area (Å²) in [5.41, 5.74) is 3.43. The lowest BCUT2D eigenvalue weighted by molar-refractivity contribution is -0.0878. The van der Waals surface area contributed by atoms with Gasteiger partial charge in [-0.1, -0.05) is 51.6 Å². The van der Waals surface area contributed by atoms with Crippen LogP contribution in [-0.4, -0.2) is 21.9 Å². The third-order valence-electron chi connectivity index (χ3n) is 6.10. The molecule has 3 aromatic rings. The largest absolute Gasteiger partial charge is 0.415 e. The molecule has 1 aromatic heterocycles. The molecular formula is C28H28F3N3OS. The van der Waals surface area contributed by atoms with Crippen LogP contribution in [0.15, 0.2) is 95.2 Å². The molecule has 1 N–H and O–H groups in total. The first-order valence-corrected chi connectivity index (χ1v) is 12.6. The van der Waals surface area contributed by atoms with Gasteiger partial charge in [0.05, 0.1) is 28.3 Å². The standard InChI is InChI=1S/C28H28F3N3OS/c1-18(28(29,30)31)8-9-20-17-34(36(35)22-12-10-21(11-13-22)27(3,4)5)26-23-7-6-16-32-24(23)14-15-25(26)33-19(20)2/h6-16,33H,1,17H2,2-5H3/b9-8-. The Morgan fingerprint density at radius 3 is 2.44 bits per heavy atom. The normalized spacial score (nSPS) is 15.6. The van der Waals surface area contributed by atoms with Crippen molar-refractivity contribution in [1.29, 1.82) is 0 Å². The van der Waals surface area contributed by atoms with Gasteiger partial charge in [-0.2, -0.15) is 13.2 Å². The van der Waals surface area contributed by atoms with Gasteiger partial charge in [-0.3, -0.25) is 9.29 Å². The molecule has 36 heavy (non-hydrogen) atoms. The minimum Gasteiger partial charge on any atom is -0.357 e. The van der Waals surface area contributed by atoms with Gasteiger partial charge >= 0.3 is 6.18 Å². The Kier molecular flexibility index (Phi) is 6.84. The summed E-state index contributed by atoms with van der Waals surface area (Å²) in [5.74, 6) is 0. The van der Waals surface area contributed by atoms with E-state index in [-0.39, 0.29) is 12.0 Å². The van der Waals surface area contributed by atoms with Gasteiger partial charge in [-0.25, -0.2) is 4.21 Å². The molecule has 4 rings (SSSR count). The summed E-state index contributed by atoms with van der Waals surface area (Å²) in [4.78, 5) is 5.03. The van der Waals surface area contributed by atoms with E-state index in [2.05, 4.69) is 37.7 Å². The summed E-state index contributed by atoms with van der Waals surface area (Å²) in [5, 5.41) is 4.10. The number of hydrogen-bond acceptors (Lipinski definition) is 3. The highest BCUT2D eigenvalue weighted by molar-refractivity contribution is 7.86. The van der Waals surface area contributed by atoms with E-state index in [1.807, 2.05) is 42.5 Å². The summed E-state index contributed by atoms with van der Waals surface area (Å²) in [6.07, 6.45) is -0.496. The van der Waals surface area contributed by atoms with E-state index in [0.29, 0.717) is 27.5 Å². The first-order valence-electron chi connectivity index (χ1n) is 11.4. The molecule has 0 radical (unpaired) electrons. The van der Waals surface area contributed by atoms with Gasteiger partial charge in [0.1, 0.15) is 0 Å². The van der Waals surface area contributed by atoms with Crippen LogP contribution in [0, 0.1) is 0 Å². The lowest BCUT2D eigenvalue weighted by atomic mass is 9.87. The molecular weight excluding hydrogens is 483 g/mol. The Balaban J connectivity index is 1.83. The zero-order chi connectivity index (χ0) is 26.3. The Labute approximate surface area is 211 Å². The molecule has 8 heteroatoms. The van der Waals surface area contributed by atoms with Crippen LogP contribution in [0.3, 0.4) is 0 Å². The van der Waals surface area contributed by atoms with Crippen molar-refractivity contribution in [2.45, 2.75) is 44.2 Å². The molecule has 1 unspecified atom stereocenters. The Hall–Kier alpha value is -3.39. The molecule has 0 amide bonds. The molecule has 1 aliphatic rings. The summed E-state index contributed by atoms with van der Waals surface area (Å²) in [7, 11) is -1.65. The molecule has 0 saturated heterocycles. The third kappa shape index (κ3) is 5.23. The highest BCUT2D eigenvalue weighted by Crippen LogP contribution is 2.40. The van der Waals surface area contributed by atoms with Gasteiger partial charge in [-0.05, 0) is 59.9 Å². The fraction of sp³-hybridized carbons (Fsp3) is 0.250. The van der Waals surface area contributed by atoms with E-state index in [9.17, 15) is 17.4 Å². The molecule has 0 bridgehead atoms. The van der Waals surface area contributed by atoms with Crippen molar-refractivity contribution in [2.75, 3.05) is 16.2 Å². The number of allylic oxidation sites excluding steroid dienone is 3. The second-order valence-electron chi connectivity index (χ2n) is 9.72. The van der Waals surface area contributed by atoms with E-state index in [1.165, 1.54) is 6.08 Å². The number of nitrogens with one attached hydrogen (secondary N) is 1. The lowest BCUT2D eigenvalue weighted by Gasteiger charge is -2.26. The number of alkyl halides is 3. The number of rotatable bonds is 4. The molecule has 1 aliphatic heterocycles. The molecule has 1 atom stereocenters. The first kappa shape index (κ1) is 25.7. The van der Waals surface area contributed by atoms with E-state index in [1.54, 1.807) is 23.5 Å². The van der Waals surface area contributed by atoms with E-state index < -0.39 is 22.7 Å². The number of anilines is 2. The van der Waals surface area contributed by atoms with Gasteiger partial charge in [0, 0.05) is 22.9 Å². The predicted octanol–water partition coefficient (Wildman–Crippen LogP) is 7.44. The van der Waals surface area contributed by atoms with Crippen molar-refractivity contribution < 1.29 is 17.4 Å². The molecule has 4 nitrogen and oxygen atoms in total. The molecule has 0 saturated carbocycles. The maximum atomic E-state index is 14.0. The number of halogens is 3. The van der Waals surface area contributed by atoms with Crippen LogP contribution >= 0.6 is 0 Å². The maximum Gasteiger partial charge on any atom is 0.415 e. The van der Waals surface area contributed by atoms with Crippen molar-refractivity contribution >= 4 is 33.3 Å². The average molecular weight is 512 g/mol. The molecule has 0 fully saturated rings. The summed E-state index contributed by atoms with van der Waals surface area (Å²) in [6.45, 7) is 11.4. The minimum absolute atomic E-state index is 0.0558. The van der Waals surface area contributed by atoms with Gasteiger partial charge in [0.2, 0.25) is 0 Å². The van der Waals surface area contributed by atoms with Crippen molar-refractivity contribution in [2.24, 2.45) is 0 Å². The van der Waals surface area contributed by atoms with Crippen LogP contribution in [0.25, 0.3) is 10.9 Å². The van der Waals surface area contributed by atoms with Crippen molar-refractivity contribution in [1.82, 2.24) is 4.98 Å². The second-order valence-corrected chi connectivity index (χ2v) is 11.1. The number of benzene rings is 2. The fourth-order valence-corrected chi connectivity index (χ4v) is 5.20. The van der Waals surface area contributed by atoms with E-state index in [4.69, 9.17) is 0 Å². The number of aromatic nitrogens is 1. The number of pyridine rings is 1. The van der Waals surface area contributed by atoms with Crippen LogP contribution in [0.5, 0.6) is 0 Å². The van der Waals surface area contributed by atoms with E-state index in [0.717, 1.165) is 22.5 Å². The summed E-state index contributed by atoms with van der Waals surface area (Å²) < 4.78 is 54.9. The Morgan fingerprint density at radius 1 is 1.11 bits per heavy atom. The smallest absolute Gasteiger partial charge is 0.357 e. The van der Waals surface area contributed by atoms with Crippen LogP contribution in [-0.2, 0) is 16.4 Å². The third-order valence-corrected chi connectivity index (χ3v) is 7.48. The fourth-order valence-electron chi connectivity index (χ4n) is 3.95. The van der Waals surface area contributed by atoms with Crippen LogP contribution < -0.4 is 9.62 Å². The topological polar surface area (TPSA) is 45.2 Å². The quantitative estimate of drug-likeness (QED) is 0.370. The molecule has 0 spiro atoms. The van der Waals surface area contributed by atoms with Crippen molar-refractivity contribution in [3.63, 3.8) is 0 Å². The number of nitrogens with zero attached hydrogens (tertiary/aromatic N) is 2. The highest BCUT2D eigenvalue weighted by atomic mass is 32.2. The first-order chi connectivity index (χ1) is 16.9. The summed E-state index contributed by atoms with van der Waals surface area (Å²) >= 11 is 0. The van der Waals surface area contributed by atoms with Crippen LogP contribution in [0.4, 0.5) is 24.5 Å². The van der Waals surface area contributed by atoms with Crippen LogP contribution in [0.2, 0.25) is 0 Å². The zero-order valence-corrected chi connectivity index (χ0v) is 21.4. The number of hydrogen-bond donors (Lipinski definition) is 1. The molecule has 0 aliphatic carbocycles. The zero-order valence-electron chi connectivity index (χ0n) is 20.6. The monoisotopic (exact) mass is 511 g/mol. The Morgan fingerprint density at radius 2 is 1.81 bits per heavy atom. The summed E-state index contributed by atoms with van der Waals surface area (Å²) in [6, 6.07) is 15.0. The maximum absolute atomic E-state index is 14.0. The lowest BCUT2D eigenvalue weighted by Crippen LogP contribution is -2.28. The van der Waals surface area contributed by atoms with Gasteiger partial charge < -0.3 is 5.32 Å². The van der Waals surface area contributed by atoms with Crippen LogP contribution in [0.1, 0.15) is 33.3 Å². The minimum atomic E-state index is -4.52. The van der Waals surface area contributed by atoms with Crippen molar-refractivity contribution in [3.05, 3.63) is 95.9 Å². The second kappa shape index (κ2) is 9.58. The number of fused-ring (bicyclic) bond motifs is 3. The van der Waals surface area contributed by atoms with E-state index >= 15 is 0 Å². The average Bonchev–Trinajstić information content (AvgIpc) is 2.97. The highest BCUT2D eigenvalue weighted by Gasteiger charge is 2.31.